The highest BCUT2D eigenvalue weighted by atomic mass is 32.1. The standard InChI is InChI=1S/C21H20N4O5S/c1-30-20(29)15-4-2-3-14(11-15)18(27)23-21(31)25-24-19(28)13-7-9-16(10-8-13)22-17(26)12-5-6-12/h2-4,7-12H,5-6H2,1H3,(H,22,26)(H,24,28)(H2,23,25,27,31). The van der Waals surface area contributed by atoms with E-state index in [0.29, 0.717) is 11.3 Å². The first kappa shape index (κ1) is 21.9. The number of rotatable bonds is 5. The summed E-state index contributed by atoms with van der Waals surface area (Å²) in [4.78, 5) is 47.8. The number of carbonyl (C=O) groups is 4. The molecule has 0 bridgehead atoms. The third-order valence-corrected chi connectivity index (χ3v) is 4.63. The molecule has 0 unspecified atom stereocenters. The second-order valence-electron chi connectivity index (χ2n) is 6.78. The van der Waals surface area contributed by atoms with Crippen LogP contribution in [-0.4, -0.2) is 35.9 Å². The number of benzene rings is 2. The highest BCUT2D eigenvalue weighted by Gasteiger charge is 2.29. The van der Waals surface area contributed by atoms with Crippen LogP contribution in [-0.2, 0) is 9.53 Å². The first-order chi connectivity index (χ1) is 14.9. The van der Waals surface area contributed by atoms with Gasteiger partial charge < -0.3 is 10.1 Å². The molecule has 1 saturated carbocycles. The lowest BCUT2D eigenvalue weighted by Crippen LogP contribution is -2.48. The highest BCUT2D eigenvalue weighted by molar-refractivity contribution is 7.80. The Morgan fingerprint density at radius 2 is 1.58 bits per heavy atom. The summed E-state index contributed by atoms with van der Waals surface area (Å²) in [6.07, 6.45) is 1.82. The lowest BCUT2D eigenvalue weighted by atomic mass is 10.1. The van der Waals surface area contributed by atoms with E-state index in [1.165, 1.54) is 31.4 Å². The Morgan fingerprint density at radius 3 is 2.23 bits per heavy atom. The van der Waals surface area contributed by atoms with E-state index >= 15 is 0 Å². The third-order valence-electron chi connectivity index (χ3n) is 4.43. The Hall–Kier alpha value is -3.79. The van der Waals surface area contributed by atoms with Gasteiger partial charge in [0.05, 0.1) is 12.7 Å². The van der Waals surface area contributed by atoms with Gasteiger partial charge in [-0.2, -0.15) is 0 Å². The zero-order valence-electron chi connectivity index (χ0n) is 16.6. The van der Waals surface area contributed by atoms with E-state index in [1.807, 2.05) is 0 Å². The summed E-state index contributed by atoms with van der Waals surface area (Å²) < 4.78 is 4.62. The minimum Gasteiger partial charge on any atom is -0.465 e. The van der Waals surface area contributed by atoms with Crippen LogP contribution < -0.4 is 21.5 Å². The molecule has 0 aromatic heterocycles. The third kappa shape index (κ3) is 6.09. The van der Waals surface area contributed by atoms with Gasteiger partial charge in [-0.1, -0.05) is 6.07 Å². The van der Waals surface area contributed by atoms with Crippen molar-refractivity contribution in [2.45, 2.75) is 12.8 Å². The number of hydrogen-bond donors (Lipinski definition) is 4. The largest absolute Gasteiger partial charge is 0.465 e. The Bertz CT molecular complexity index is 1030. The van der Waals surface area contributed by atoms with Crippen LogP contribution in [0.5, 0.6) is 0 Å². The number of amides is 3. The summed E-state index contributed by atoms with van der Waals surface area (Å²) in [7, 11) is 1.24. The van der Waals surface area contributed by atoms with Crippen LogP contribution >= 0.6 is 12.2 Å². The molecule has 1 fully saturated rings. The first-order valence-corrected chi connectivity index (χ1v) is 9.79. The number of thiocarbonyl (C=S) groups is 1. The second kappa shape index (κ2) is 9.81. The predicted octanol–water partition coefficient (Wildman–Crippen LogP) is 1.77. The SMILES string of the molecule is COC(=O)c1cccc(C(=O)NC(=S)NNC(=O)c2ccc(NC(=O)C3CC3)cc2)c1. The number of ether oxygens (including phenoxy) is 1. The summed E-state index contributed by atoms with van der Waals surface area (Å²) >= 11 is 5.01. The molecule has 9 nitrogen and oxygen atoms in total. The van der Waals surface area contributed by atoms with Crippen molar-refractivity contribution in [2.24, 2.45) is 5.92 Å². The Balaban J connectivity index is 1.48. The lowest BCUT2D eigenvalue weighted by Gasteiger charge is -2.11. The maximum atomic E-state index is 12.3. The molecule has 160 valence electrons. The molecule has 2 aromatic carbocycles. The van der Waals surface area contributed by atoms with Gasteiger partial charge in [0.2, 0.25) is 5.91 Å². The molecule has 0 heterocycles. The molecule has 0 atom stereocenters. The number of esters is 1. The molecule has 0 spiro atoms. The average molecular weight is 440 g/mol. The van der Waals surface area contributed by atoms with E-state index in [9.17, 15) is 19.2 Å². The minimum atomic E-state index is -0.569. The molecule has 3 amide bonds. The maximum Gasteiger partial charge on any atom is 0.337 e. The summed E-state index contributed by atoms with van der Waals surface area (Å²) in [5.41, 5.74) is 6.17. The molecule has 1 aliphatic carbocycles. The van der Waals surface area contributed by atoms with Crippen molar-refractivity contribution < 1.29 is 23.9 Å². The Labute approximate surface area is 183 Å². The van der Waals surface area contributed by atoms with Crippen molar-refractivity contribution in [1.82, 2.24) is 16.2 Å². The molecule has 3 rings (SSSR count). The smallest absolute Gasteiger partial charge is 0.337 e. The fraction of sp³-hybridized carbons (Fsp3) is 0.190. The van der Waals surface area contributed by atoms with Crippen LogP contribution in [0.3, 0.4) is 0 Å². The number of methoxy groups -OCH3 is 1. The molecule has 2 aromatic rings. The van der Waals surface area contributed by atoms with Gasteiger partial charge in [0.25, 0.3) is 11.8 Å². The lowest BCUT2D eigenvalue weighted by molar-refractivity contribution is -0.117. The van der Waals surface area contributed by atoms with Gasteiger partial charge in [-0.15, -0.1) is 0 Å². The van der Waals surface area contributed by atoms with Crippen LogP contribution in [0.4, 0.5) is 5.69 Å². The Kier molecular flexibility index (Phi) is 6.93. The molecule has 0 aliphatic heterocycles. The molecular formula is C21H20N4O5S. The maximum absolute atomic E-state index is 12.3. The number of anilines is 1. The predicted molar refractivity (Wildman–Crippen MR) is 116 cm³/mol. The second-order valence-corrected chi connectivity index (χ2v) is 7.18. The molecule has 0 radical (unpaired) electrons. The van der Waals surface area contributed by atoms with Crippen molar-refractivity contribution in [1.29, 1.82) is 0 Å². The van der Waals surface area contributed by atoms with Crippen molar-refractivity contribution >= 4 is 46.7 Å². The molecular weight excluding hydrogens is 420 g/mol. The van der Waals surface area contributed by atoms with E-state index in [0.717, 1.165) is 12.8 Å². The fourth-order valence-electron chi connectivity index (χ4n) is 2.59. The van der Waals surface area contributed by atoms with Crippen LogP contribution in [0.2, 0.25) is 0 Å². The quantitative estimate of drug-likeness (QED) is 0.317. The van der Waals surface area contributed by atoms with Crippen molar-refractivity contribution in [2.75, 3.05) is 12.4 Å². The van der Waals surface area contributed by atoms with Gasteiger partial charge in [0, 0.05) is 22.7 Å². The molecule has 10 heteroatoms. The zero-order chi connectivity index (χ0) is 22.4. The van der Waals surface area contributed by atoms with E-state index in [2.05, 4.69) is 26.2 Å². The van der Waals surface area contributed by atoms with E-state index in [4.69, 9.17) is 12.2 Å². The molecule has 0 saturated heterocycles. The monoisotopic (exact) mass is 440 g/mol. The summed E-state index contributed by atoms with van der Waals surface area (Å²) in [6, 6.07) is 12.3. The Morgan fingerprint density at radius 1 is 0.903 bits per heavy atom. The summed E-state index contributed by atoms with van der Waals surface area (Å²) in [6.45, 7) is 0. The molecule has 1 aliphatic rings. The van der Waals surface area contributed by atoms with Gasteiger partial charge in [0.15, 0.2) is 5.11 Å². The number of hydrazine groups is 1. The fourth-order valence-corrected chi connectivity index (χ4v) is 2.74. The minimum absolute atomic E-state index is 0.0166. The summed E-state index contributed by atoms with van der Waals surface area (Å²) in [5, 5.41) is 5.06. The summed E-state index contributed by atoms with van der Waals surface area (Å²) in [5.74, 6) is -1.54. The molecule has 4 N–H and O–H groups in total. The van der Waals surface area contributed by atoms with Gasteiger partial charge in [-0.05, 0) is 67.5 Å². The van der Waals surface area contributed by atoms with Crippen LogP contribution in [0.1, 0.15) is 43.9 Å². The normalized spacial score (nSPS) is 12.3. The zero-order valence-corrected chi connectivity index (χ0v) is 17.4. The van der Waals surface area contributed by atoms with E-state index < -0.39 is 17.8 Å². The van der Waals surface area contributed by atoms with Crippen LogP contribution in [0.15, 0.2) is 48.5 Å². The molecule has 31 heavy (non-hydrogen) atoms. The topological polar surface area (TPSA) is 126 Å². The van der Waals surface area contributed by atoms with Crippen LogP contribution in [0.25, 0.3) is 0 Å². The van der Waals surface area contributed by atoms with E-state index in [-0.39, 0.29) is 28.1 Å². The number of nitrogens with one attached hydrogen (secondary N) is 4. The van der Waals surface area contributed by atoms with Crippen molar-refractivity contribution in [3.63, 3.8) is 0 Å². The number of carbonyl (C=O) groups excluding carboxylic acids is 4. The average Bonchev–Trinajstić information content (AvgIpc) is 3.63. The van der Waals surface area contributed by atoms with Gasteiger partial charge in [-0.3, -0.25) is 30.6 Å². The van der Waals surface area contributed by atoms with Crippen molar-refractivity contribution in [3.8, 4) is 0 Å². The first-order valence-electron chi connectivity index (χ1n) is 9.38. The van der Waals surface area contributed by atoms with Gasteiger partial charge >= 0.3 is 5.97 Å². The van der Waals surface area contributed by atoms with Gasteiger partial charge in [0.1, 0.15) is 0 Å². The highest BCUT2D eigenvalue weighted by Crippen LogP contribution is 2.30. The van der Waals surface area contributed by atoms with Gasteiger partial charge in [-0.25, -0.2) is 4.79 Å². The van der Waals surface area contributed by atoms with Crippen molar-refractivity contribution in [3.05, 3.63) is 65.2 Å². The van der Waals surface area contributed by atoms with Crippen LogP contribution in [0, 0.1) is 5.92 Å². The van der Waals surface area contributed by atoms with E-state index in [1.54, 1.807) is 24.3 Å². The number of hydrogen-bond acceptors (Lipinski definition) is 6.